The molecule has 8 heteroatoms. The predicted octanol–water partition coefficient (Wildman–Crippen LogP) is 3.70. The number of hydrogen-bond donors (Lipinski definition) is 0. The zero-order valence-corrected chi connectivity index (χ0v) is 13.5. The average Bonchev–Trinajstić information content (AvgIpc) is 2.46. The third-order valence-corrected chi connectivity index (χ3v) is 3.98. The van der Waals surface area contributed by atoms with Crippen molar-refractivity contribution in [3.8, 4) is 0 Å². The van der Waals surface area contributed by atoms with E-state index < -0.39 is 13.8 Å². The SMILES string of the molecule is COP(=O)(OC)O/C(C)=C/C(=O)OCc1ccc(Cl)cc1. The van der Waals surface area contributed by atoms with E-state index in [-0.39, 0.29) is 12.4 Å². The molecule has 1 rings (SSSR count). The van der Waals surface area contributed by atoms with Crippen LogP contribution in [0, 0.1) is 0 Å². The van der Waals surface area contributed by atoms with Crippen LogP contribution in [-0.4, -0.2) is 20.2 Å². The Hall–Kier alpha value is -1.33. The molecule has 0 bridgehead atoms. The molecule has 0 amide bonds. The number of benzene rings is 1. The first-order chi connectivity index (χ1) is 9.88. The highest BCUT2D eigenvalue weighted by Crippen LogP contribution is 2.49. The van der Waals surface area contributed by atoms with Crippen LogP contribution in [0.3, 0.4) is 0 Å². The van der Waals surface area contributed by atoms with E-state index in [9.17, 15) is 9.36 Å². The summed E-state index contributed by atoms with van der Waals surface area (Å²) in [7, 11) is -1.31. The fraction of sp³-hybridized carbons (Fsp3) is 0.308. The number of carbonyl (C=O) groups is 1. The molecule has 6 nitrogen and oxygen atoms in total. The lowest BCUT2D eigenvalue weighted by Crippen LogP contribution is -2.03. The van der Waals surface area contributed by atoms with Crippen molar-refractivity contribution >= 4 is 25.4 Å². The van der Waals surface area contributed by atoms with E-state index >= 15 is 0 Å². The normalized spacial score (nSPS) is 12.1. The second kappa shape index (κ2) is 8.20. The van der Waals surface area contributed by atoms with Crippen LogP contribution in [0.1, 0.15) is 12.5 Å². The first-order valence-corrected chi connectivity index (χ1v) is 7.73. The Balaban J connectivity index is 2.54. The molecule has 0 aromatic heterocycles. The first kappa shape index (κ1) is 17.7. The molecule has 0 aliphatic carbocycles. The highest BCUT2D eigenvalue weighted by atomic mass is 35.5. The predicted molar refractivity (Wildman–Crippen MR) is 77.7 cm³/mol. The van der Waals surface area contributed by atoms with Crippen molar-refractivity contribution in [3.05, 3.63) is 46.7 Å². The van der Waals surface area contributed by atoms with Crippen LogP contribution in [0.2, 0.25) is 5.02 Å². The Morgan fingerprint density at radius 3 is 2.33 bits per heavy atom. The van der Waals surface area contributed by atoms with E-state index in [0.717, 1.165) is 11.6 Å². The number of ether oxygens (including phenoxy) is 1. The van der Waals surface area contributed by atoms with E-state index in [2.05, 4.69) is 9.05 Å². The number of carbonyl (C=O) groups excluding carboxylic acids is 1. The molecule has 0 unspecified atom stereocenters. The molecule has 0 heterocycles. The van der Waals surface area contributed by atoms with Crippen molar-refractivity contribution in [1.29, 1.82) is 0 Å². The fourth-order valence-electron chi connectivity index (χ4n) is 1.29. The lowest BCUT2D eigenvalue weighted by molar-refractivity contribution is -0.139. The molecule has 1 aromatic carbocycles. The molecular formula is C13H16ClO6P. The topological polar surface area (TPSA) is 71.1 Å². The van der Waals surface area contributed by atoms with Gasteiger partial charge in [-0.05, 0) is 24.6 Å². The molecule has 0 fully saturated rings. The molecule has 0 spiro atoms. The maximum Gasteiger partial charge on any atom is 0.529 e. The Morgan fingerprint density at radius 1 is 1.24 bits per heavy atom. The summed E-state index contributed by atoms with van der Waals surface area (Å²) in [5.41, 5.74) is 0.791. The fourth-order valence-corrected chi connectivity index (χ4v) is 2.12. The zero-order chi connectivity index (χ0) is 15.9. The van der Waals surface area contributed by atoms with Gasteiger partial charge in [-0.1, -0.05) is 23.7 Å². The molecule has 0 aliphatic heterocycles. The maximum atomic E-state index is 11.7. The summed E-state index contributed by atoms with van der Waals surface area (Å²) >= 11 is 5.75. The van der Waals surface area contributed by atoms with Gasteiger partial charge in [0, 0.05) is 19.2 Å². The molecule has 21 heavy (non-hydrogen) atoms. The summed E-state index contributed by atoms with van der Waals surface area (Å²) in [5, 5.41) is 0.601. The van der Waals surface area contributed by atoms with Gasteiger partial charge in [0.2, 0.25) is 0 Å². The van der Waals surface area contributed by atoms with E-state index in [0.29, 0.717) is 5.02 Å². The Labute approximate surface area is 128 Å². The van der Waals surface area contributed by atoms with Crippen molar-refractivity contribution in [2.24, 2.45) is 0 Å². The number of esters is 1. The number of rotatable bonds is 7. The molecule has 0 saturated carbocycles. The molecule has 0 atom stereocenters. The highest BCUT2D eigenvalue weighted by molar-refractivity contribution is 7.48. The van der Waals surface area contributed by atoms with Crippen molar-refractivity contribution < 1.29 is 27.7 Å². The van der Waals surface area contributed by atoms with Gasteiger partial charge < -0.3 is 9.26 Å². The van der Waals surface area contributed by atoms with Crippen LogP contribution in [0.25, 0.3) is 0 Å². The summed E-state index contributed by atoms with van der Waals surface area (Å²) in [6, 6.07) is 6.88. The second-order valence-electron chi connectivity index (χ2n) is 3.89. The minimum absolute atomic E-state index is 0.0585. The molecule has 1 aromatic rings. The Kier molecular flexibility index (Phi) is 6.92. The third kappa shape index (κ3) is 6.31. The van der Waals surface area contributed by atoms with Gasteiger partial charge in [0.05, 0.1) is 6.08 Å². The number of allylic oxidation sites excluding steroid dienone is 1. The van der Waals surface area contributed by atoms with Gasteiger partial charge in [-0.25, -0.2) is 9.36 Å². The molecule has 0 saturated heterocycles. The number of halogens is 1. The Bertz CT molecular complexity index is 546. The molecular weight excluding hydrogens is 319 g/mol. The average molecular weight is 335 g/mol. The van der Waals surface area contributed by atoms with Crippen molar-refractivity contribution in [3.63, 3.8) is 0 Å². The van der Waals surface area contributed by atoms with E-state index in [1.54, 1.807) is 24.3 Å². The lowest BCUT2D eigenvalue weighted by Gasteiger charge is -2.14. The largest absolute Gasteiger partial charge is 0.529 e. The molecule has 0 radical (unpaired) electrons. The lowest BCUT2D eigenvalue weighted by atomic mass is 10.2. The monoisotopic (exact) mass is 334 g/mol. The van der Waals surface area contributed by atoms with Gasteiger partial charge in [0.1, 0.15) is 12.4 Å². The van der Waals surface area contributed by atoms with Crippen molar-refractivity contribution in [2.75, 3.05) is 14.2 Å². The summed E-state index contributed by atoms with van der Waals surface area (Å²) in [4.78, 5) is 11.6. The number of hydrogen-bond acceptors (Lipinski definition) is 6. The smallest absolute Gasteiger partial charge is 0.458 e. The number of phosphoric acid groups is 1. The summed E-state index contributed by atoms with van der Waals surface area (Å²) < 4.78 is 30.8. The van der Waals surface area contributed by atoms with Crippen LogP contribution in [0.5, 0.6) is 0 Å². The molecule has 0 aliphatic rings. The summed E-state index contributed by atoms with van der Waals surface area (Å²) in [6.07, 6.45) is 1.06. The second-order valence-corrected chi connectivity index (χ2v) is 6.14. The van der Waals surface area contributed by atoms with E-state index in [1.807, 2.05) is 0 Å². The van der Waals surface area contributed by atoms with E-state index in [4.69, 9.17) is 20.9 Å². The van der Waals surface area contributed by atoms with Gasteiger partial charge in [-0.3, -0.25) is 9.05 Å². The van der Waals surface area contributed by atoms with E-state index in [1.165, 1.54) is 21.1 Å². The molecule has 0 N–H and O–H groups in total. The van der Waals surface area contributed by atoms with Crippen LogP contribution in [-0.2, 0) is 34.3 Å². The van der Waals surface area contributed by atoms with Gasteiger partial charge in [-0.2, -0.15) is 0 Å². The van der Waals surface area contributed by atoms with Gasteiger partial charge in [0.15, 0.2) is 0 Å². The quantitative estimate of drug-likeness (QED) is 0.328. The first-order valence-electron chi connectivity index (χ1n) is 5.89. The third-order valence-electron chi connectivity index (χ3n) is 2.32. The highest BCUT2D eigenvalue weighted by Gasteiger charge is 2.24. The Morgan fingerprint density at radius 2 is 1.81 bits per heavy atom. The van der Waals surface area contributed by atoms with Crippen molar-refractivity contribution in [2.45, 2.75) is 13.5 Å². The maximum absolute atomic E-state index is 11.7. The minimum Gasteiger partial charge on any atom is -0.458 e. The molecule has 116 valence electrons. The van der Waals surface area contributed by atoms with Crippen LogP contribution < -0.4 is 0 Å². The summed E-state index contributed by atoms with van der Waals surface area (Å²) in [5.74, 6) is -0.579. The zero-order valence-electron chi connectivity index (χ0n) is 11.9. The minimum atomic E-state index is -3.67. The van der Waals surface area contributed by atoms with Crippen LogP contribution in [0.15, 0.2) is 36.1 Å². The van der Waals surface area contributed by atoms with Gasteiger partial charge >= 0.3 is 13.8 Å². The van der Waals surface area contributed by atoms with Gasteiger partial charge in [0.25, 0.3) is 0 Å². The van der Waals surface area contributed by atoms with Crippen LogP contribution in [0.4, 0.5) is 0 Å². The summed E-state index contributed by atoms with van der Waals surface area (Å²) in [6.45, 7) is 1.53. The van der Waals surface area contributed by atoms with Crippen molar-refractivity contribution in [1.82, 2.24) is 0 Å². The van der Waals surface area contributed by atoms with Gasteiger partial charge in [-0.15, -0.1) is 0 Å². The standard InChI is InChI=1S/C13H16ClO6P/c1-10(20-21(16,17-2)18-3)8-13(15)19-9-11-4-6-12(14)7-5-11/h4-8H,9H2,1-3H3/b10-8+. The number of phosphoric ester groups is 1. The van der Waals surface area contributed by atoms with Crippen LogP contribution >= 0.6 is 19.4 Å².